The Bertz CT molecular complexity index is 368. The zero-order chi connectivity index (χ0) is 13.0. The van der Waals surface area contributed by atoms with Crippen molar-refractivity contribution >= 4 is 5.78 Å². The topological polar surface area (TPSA) is 34.9 Å². The Balaban J connectivity index is 2.74. The first kappa shape index (κ1) is 13.9. The third kappa shape index (κ3) is 3.69. The van der Waals surface area contributed by atoms with Crippen molar-refractivity contribution < 1.29 is 4.79 Å². The molecule has 0 aliphatic rings. The Morgan fingerprint density at radius 1 is 1.41 bits per heavy atom. The molecule has 0 bridgehead atoms. The molecule has 1 aromatic rings. The first-order valence-corrected chi connectivity index (χ1v) is 6.50. The summed E-state index contributed by atoms with van der Waals surface area (Å²) < 4.78 is 1.99. The molecule has 0 amide bonds. The van der Waals surface area contributed by atoms with Gasteiger partial charge in [0.05, 0.1) is 5.69 Å². The van der Waals surface area contributed by atoms with Crippen LogP contribution in [0.25, 0.3) is 0 Å². The van der Waals surface area contributed by atoms with Crippen molar-refractivity contribution in [1.82, 2.24) is 9.78 Å². The maximum atomic E-state index is 11.6. The lowest BCUT2D eigenvalue weighted by molar-refractivity contribution is -0.121. The number of hydrogen-bond acceptors (Lipinski definition) is 2. The molecular formula is C14H24N2O. The molecule has 96 valence electrons. The van der Waals surface area contributed by atoms with Gasteiger partial charge in [0.1, 0.15) is 5.78 Å². The van der Waals surface area contributed by atoms with E-state index in [9.17, 15) is 4.79 Å². The van der Waals surface area contributed by atoms with Crippen molar-refractivity contribution in [1.29, 1.82) is 0 Å². The Morgan fingerprint density at radius 3 is 2.53 bits per heavy atom. The van der Waals surface area contributed by atoms with Gasteiger partial charge in [-0.3, -0.25) is 9.48 Å². The lowest BCUT2D eigenvalue weighted by Crippen LogP contribution is -2.20. The molecule has 1 rings (SSSR count). The van der Waals surface area contributed by atoms with Gasteiger partial charge in [-0.1, -0.05) is 20.8 Å². The van der Waals surface area contributed by atoms with Crippen LogP contribution in [0.2, 0.25) is 0 Å². The molecule has 0 aromatic carbocycles. The number of carbonyl (C=O) groups is 1. The largest absolute Gasteiger partial charge is 0.300 e. The summed E-state index contributed by atoms with van der Waals surface area (Å²) in [5, 5.41) is 4.55. The van der Waals surface area contributed by atoms with Gasteiger partial charge in [-0.2, -0.15) is 5.10 Å². The minimum absolute atomic E-state index is 0.0929. The molecule has 2 atom stereocenters. The summed E-state index contributed by atoms with van der Waals surface area (Å²) in [5.74, 6) is 0.731. The third-order valence-corrected chi connectivity index (χ3v) is 3.46. The van der Waals surface area contributed by atoms with E-state index in [-0.39, 0.29) is 11.7 Å². The number of aromatic nitrogens is 2. The summed E-state index contributed by atoms with van der Waals surface area (Å²) in [7, 11) is 0. The second-order valence-corrected chi connectivity index (χ2v) is 5.21. The van der Waals surface area contributed by atoms with Crippen LogP contribution in [-0.2, 0) is 11.2 Å². The normalized spacial score (nSPS) is 14.9. The summed E-state index contributed by atoms with van der Waals surface area (Å²) in [6, 6.07) is 2.46. The lowest BCUT2D eigenvalue weighted by Gasteiger charge is -2.16. The van der Waals surface area contributed by atoms with E-state index in [1.165, 1.54) is 0 Å². The van der Waals surface area contributed by atoms with Crippen LogP contribution in [0.1, 0.15) is 52.8 Å². The van der Waals surface area contributed by atoms with E-state index in [0.29, 0.717) is 12.0 Å². The number of ketones is 1. The molecule has 0 saturated carbocycles. The summed E-state index contributed by atoms with van der Waals surface area (Å²) >= 11 is 0. The SMILES string of the molecule is CCC(C)n1ccc(CC(C(C)=O)C(C)C)n1. The molecule has 3 heteroatoms. The van der Waals surface area contributed by atoms with Gasteiger partial charge in [-0.15, -0.1) is 0 Å². The van der Waals surface area contributed by atoms with E-state index in [4.69, 9.17) is 0 Å². The van der Waals surface area contributed by atoms with E-state index in [1.54, 1.807) is 6.92 Å². The minimum atomic E-state index is 0.0929. The van der Waals surface area contributed by atoms with E-state index in [1.807, 2.05) is 16.9 Å². The minimum Gasteiger partial charge on any atom is -0.300 e. The van der Waals surface area contributed by atoms with Crippen LogP contribution >= 0.6 is 0 Å². The molecule has 0 fully saturated rings. The molecule has 0 radical (unpaired) electrons. The highest BCUT2D eigenvalue weighted by molar-refractivity contribution is 5.78. The molecule has 0 aliphatic heterocycles. The van der Waals surface area contributed by atoms with Crippen molar-refractivity contribution in [2.75, 3.05) is 0 Å². The van der Waals surface area contributed by atoms with Crippen molar-refractivity contribution in [3.8, 4) is 0 Å². The van der Waals surface area contributed by atoms with Gasteiger partial charge in [0.25, 0.3) is 0 Å². The first-order chi connectivity index (χ1) is 7.95. The average Bonchev–Trinajstić information content (AvgIpc) is 2.72. The van der Waals surface area contributed by atoms with Gasteiger partial charge in [0, 0.05) is 24.6 Å². The van der Waals surface area contributed by atoms with Gasteiger partial charge in [-0.05, 0) is 32.3 Å². The highest BCUT2D eigenvalue weighted by atomic mass is 16.1. The van der Waals surface area contributed by atoms with Crippen LogP contribution in [-0.4, -0.2) is 15.6 Å². The van der Waals surface area contributed by atoms with Crippen molar-refractivity contribution in [2.24, 2.45) is 11.8 Å². The number of hydrogen-bond donors (Lipinski definition) is 0. The first-order valence-electron chi connectivity index (χ1n) is 6.50. The monoisotopic (exact) mass is 236 g/mol. The molecule has 0 saturated heterocycles. The maximum absolute atomic E-state index is 11.6. The Morgan fingerprint density at radius 2 is 2.06 bits per heavy atom. The van der Waals surface area contributed by atoms with Crippen LogP contribution in [0.5, 0.6) is 0 Å². The van der Waals surface area contributed by atoms with E-state index >= 15 is 0 Å². The van der Waals surface area contributed by atoms with E-state index in [0.717, 1.165) is 18.5 Å². The Labute approximate surface area is 104 Å². The van der Waals surface area contributed by atoms with Crippen molar-refractivity contribution in [2.45, 2.75) is 53.5 Å². The predicted molar refractivity (Wildman–Crippen MR) is 69.9 cm³/mol. The van der Waals surface area contributed by atoms with E-state index in [2.05, 4.69) is 32.8 Å². The average molecular weight is 236 g/mol. The molecule has 2 unspecified atom stereocenters. The molecule has 17 heavy (non-hydrogen) atoms. The number of Topliss-reactive ketones (excluding diaryl/α,β-unsaturated/α-hetero) is 1. The van der Waals surface area contributed by atoms with Crippen molar-refractivity contribution in [3.05, 3.63) is 18.0 Å². The number of carbonyl (C=O) groups excluding carboxylic acids is 1. The van der Waals surface area contributed by atoms with Gasteiger partial charge in [0.15, 0.2) is 0 Å². The summed E-state index contributed by atoms with van der Waals surface area (Å²) in [6.45, 7) is 10.2. The smallest absolute Gasteiger partial charge is 0.133 e. The van der Waals surface area contributed by atoms with Gasteiger partial charge < -0.3 is 0 Å². The maximum Gasteiger partial charge on any atom is 0.133 e. The fourth-order valence-electron chi connectivity index (χ4n) is 1.99. The van der Waals surface area contributed by atoms with Crippen LogP contribution in [0, 0.1) is 11.8 Å². The van der Waals surface area contributed by atoms with E-state index < -0.39 is 0 Å². The zero-order valence-electron chi connectivity index (χ0n) is 11.6. The lowest BCUT2D eigenvalue weighted by atomic mass is 9.88. The summed E-state index contributed by atoms with van der Waals surface area (Å²) in [4.78, 5) is 11.6. The van der Waals surface area contributed by atoms with Crippen LogP contribution in [0.4, 0.5) is 0 Å². The third-order valence-electron chi connectivity index (χ3n) is 3.46. The molecule has 0 spiro atoms. The second-order valence-electron chi connectivity index (χ2n) is 5.21. The van der Waals surface area contributed by atoms with Crippen LogP contribution in [0.15, 0.2) is 12.3 Å². The molecule has 1 aromatic heterocycles. The molecule has 0 aliphatic carbocycles. The van der Waals surface area contributed by atoms with Crippen molar-refractivity contribution in [3.63, 3.8) is 0 Å². The predicted octanol–water partition coefficient (Wildman–Crippen LogP) is 3.26. The number of rotatable bonds is 6. The zero-order valence-corrected chi connectivity index (χ0v) is 11.6. The fourth-order valence-corrected chi connectivity index (χ4v) is 1.99. The second kappa shape index (κ2) is 5.99. The Kier molecular flexibility index (Phi) is 4.91. The van der Waals surface area contributed by atoms with Crippen LogP contribution < -0.4 is 0 Å². The molecule has 0 N–H and O–H groups in total. The standard InChI is InChI=1S/C14H24N2O/c1-6-11(4)16-8-7-13(15-16)9-14(10(2)3)12(5)17/h7-8,10-11,14H,6,9H2,1-5H3. The Hall–Kier alpha value is -1.12. The molecular weight excluding hydrogens is 212 g/mol. The highest BCUT2D eigenvalue weighted by Gasteiger charge is 2.20. The van der Waals surface area contributed by atoms with Gasteiger partial charge in [-0.25, -0.2) is 0 Å². The van der Waals surface area contributed by atoms with Crippen LogP contribution in [0.3, 0.4) is 0 Å². The van der Waals surface area contributed by atoms with Gasteiger partial charge >= 0.3 is 0 Å². The van der Waals surface area contributed by atoms with Gasteiger partial charge in [0.2, 0.25) is 0 Å². The summed E-state index contributed by atoms with van der Waals surface area (Å²) in [5.41, 5.74) is 1.03. The fraction of sp³-hybridized carbons (Fsp3) is 0.714. The summed E-state index contributed by atoms with van der Waals surface area (Å²) in [6.07, 6.45) is 3.85. The number of nitrogens with zero attached hydrogens (tertiary/aromatic N) is 2. The molecule has 1 heterocycles. The quantitative estimate of drug-likeness (QED) is 0.760. The molecule has 3 nitrogen and oxygen atoms in total. The highest BCUT2D eigenvalue weighted by Crippen LogP contribution is 2.18.